The molecule has 0 aliphatic carbocycles. The van der Waals surface area contributed by atoms with Crippen molar-refractivity contribution in [2.75, 3.05) is 32.7 Å². The molecular weight excluding hydrogens is 571 g/mol. The summed E-state index contributed by atoms with van der Waals surface area (Å²) in [7, 11) is -4.19. The van der Waals surface area contributed by atoms with Crippen LogP contribution in [0.15, 0.2) is 59.5 Å². The SMILES string of the molecule is CC(C)CN(C[C@@H](O)[C@H](Cc1ccccc1)NC(=O)O[C@H]1CO[C@H]2OCC[C@H]21)S(=O)(=O)c1ccc(OCP=O)cc1. The van der Waals surface area contributed by atoms with E-state index in [1.807, 2.05) is 44.2 Å². The molecule has 2 N–H and O–H groups in total. The first-order chi connectivity index (χ1) is 19.7. The van der Waals surface area contributed by atoms with Crippen LogP contribution in [0.2, 0.25) is 0 Å². The van der Waals surface area contributed by atoms with Gasteiger partial charge >= 0.3 is 6.09 Å². The maximum atomic E-state index is 13.7. The minimum Gasteiger partial charge on any atom is -0.481 e. The summed E-state index contributed by atoms with van der Waals surface area (Å²) in [6.45, 7) is 4.44. The molecule has 4 rings (SSSR count). The number of benzene rings is 2. The van der Waals surface area contributed by atoms with Crippen LogP contribution >= 0.6 is 8.46 Å². The van der Waals surface area contributed by atoms with Gasteiger partial charge in [-0.15, -0.1) is 0 Å². The fourth-order valence-electron chi connectivity index (χ4n) is 4.99. The number of alkyl carbamates (subject to hydrolysis) is 1. The maximum Gasteiger partial charge on any atom is 0.407 e. The van der Waals surface area contributed by atoms with Crippen LogP contribution in [0, 0.1) is 11.8 Å². The molecule has 11 nitrogen and oxygen atoms in total. The van der Waals surface area contributed by atoms with Gasteiger partial charge in [0.05, 0.1) is 36.2 Å². The lowest BCUT2D eigenvalue weighted by molar-refractivity contribution is -0.0907. The number of aliphatic hydroxyl groups excluding tert-OH is 1. The van der Waals surface area contributed by atoms with Gasteiger partial charge < -0.3 is 29.4 Å². The fourth-order valence-corrected chi connectivity index (χ4v) is 6.82. The standard InChI is InChI=1S/C28H37N2O9PS/c1-19(2)15-30(41(34,35)22-10-8-21(9-11-22)38-18-40-33)16-25(31)24(14-20-6-4-3-5-7-20)29-28(32)39-26-17-37-27-23(26)12-13-36-27/h3-11,19,23-27,31H,12-18H2,1-2H3,(H,29,32)/t23-,24-,25+,26-,27+/m0/s1. The zero-order chi connectivity index (χ0) is 29.4. The highest BCUT2D eigenvalue weighted by Gasteiger charge is 2.44. The summed E-state index contributed by atoms with van der Waals surface area (Å²) in [6.07, 6.45) is -1.86. The van der Waals surface area contributed by atoms with Gasteiger partial charge in [-0.3, -0.25) is 4.57 Å². The quantitative estimate of drug-likeness (QED) is 0.309. The largest absolute Gasteiger partial charge is 0.481 e. The van der Waals surface area contributed by atoms with Gasteiger partial charge in [0, 0.05) is 13.1 Å². The average molecular weight is 609 g/mol. The number of nitrogens with one attached hydrogen (secondary N) is 1. The van der Waals surface area contributed by atoms with Crippen molar-refractivity contribution in [3.05, 3.63) is 60.2 Å². The Hall–Kier alpha value is -2.60. The molecule has 0 bridgehead atoms. The van der Waals surface area contributed by atoms with Crippen molar-refractivity contribution in [3.63, 3.8) is 0 Å². The number of hydrogen-bond donors (Lipinski definition) is 2. The Morgan fingerprint density at radius 1 is 1.12 bits per heavy atom. The van der Waals surface area contributed by atoms with E-state index in [9.17, 15) is 22.9 Å². The molecule has 224 valence electrons. The van der Waals surface area contributed by atoms with E-state index < -0.39 is 34.4 Å². The zero-order valence-corrected chi connectivity index (χ0v) is 24.8. The summed E-state index contributed by atoms with van der Waals surface area (Å²) >= 11 is 0. The van der Waals surface area contributed by atoms with Gasteiger partial charge in [-0.25, -0.2) is 13.2 Å². The molecule has 2 aromatic rings. The molecular formula is C28H37N2O9PS. The van der Waals surface area contributed by atoms with Crippen molar-refractivity contribution >= 4 is 24.6 Å². The number of carbonyl (C=O) groups excluding carboxylic acids is 1. The molecule has 0 radical (unpaired) electrons. The number of ether oxygens (including phenoxy) is 4. The third-order valence-electron chi connectivity index (χ3n) is 7.01. The van der Waals surface area contributed by atoms with Gasteiger partial charge in [0.15, 0.2) is 21.1 Å². The first-order valence-electron chi connectivity index (χ1n) is 13.6. The van der Waals surface area contributed by atoms with E-state index in [0.29, 0.717) is 12.4 Å². The lowest BCUT2D eigenvalue weighted by Gasteiger charge is -2.31. The molecule has 2 aliphatic rings. The second-order valence-electron chi connectivity index (χ2n) is 10.6. The van der Waals surface area contributed by atoms with Crippen LogP contribution in [0.4, 0.5) is 4.79 Å². The molecule has 2 saturated heterocycles. The molecule has 5 atom stereocenters. The van der Waals surface area contributed by atoms with Crippen molar-refractivity contribution < 1.29 is 41.8 Å². The summed E-state index contributed by atoms with van der Waals surface area (Å²) in [5.41, 5.74) is 0.858. The Morgan fingerprint density at radius 3 is 2.54 bits per heavy atom. The molecule has 13 heteroatoms. The number of rotatable bonds is 14. The minimum absolute atomic E-state index is 0.0268. The van der Waals surface area contributed by atoms with Gasteiger partial charge in [0.2, 0.25) is 10.0 Å². The van der Waals surface area contributed by atoms with Gasteiger partial charge in [-0.2, -0.15) is 4.31 Å². The molecule has 0 saturated carbocycles. The first kappa shape index (κ1) is 31.3. The number of carbonyl (C=O) groups is 1. The Bertz CT molecular complexity index is 1250. The van der Waals surface area contributed by atoms with Gasteiger partial charge in [-0.05, 0) is 48.6 Å². The highest BCUT2D eigenvalue weighted by molar-refractivity contribution is 7.89. The third kappa shape index (κ3) is 8.47. The highest BCUT2D eigenvalue weighted by Crippen LogP contribution is 2.33. The molecule has 0 aromatic heterocycles. The van der Waals surface area contributed by atoms with Crippen molar-refractivity contribution in [1.82, 2.24) is 9.62 Å². The Kier molecular flexibility index (Phi) is 11.1. The van der Waals surface area contributed by atoms with Crippen molar-refractivity contribution in [2.45, 2.75) is 56.1 Å². The zero-order valence-electron chi connectivity index (χ0n) is 23.1. The van der Waals surface area contributed by atoms with Crippen LogP contribution in [0.25, 0.3) is 0 Å². The predicted octanol–water partition coefficient (Wildman–Crippen LogP) is 3.42. The summed E-state index contributed by atoms with van der Waals surface area (Å²) in [6, 6.07) is 14.3. The van der Waals surface area contributed by atoms with E-state index in [2.05, 4.69) is 5.32 Å². The molecule has 2 heterocycles. The maximum absolute atomic E-state index is 13.7. The lowest BCUT2D eigenvalue weighted by atomic mass is 10.0. The van der Waals surface area contributed by atoms with Crippen molar-refractivity contribution in [3.8, 4) is 5.75 Å². The third-order valence-corrected chi connectivity index (χ3v) is 9.10. The molecule has 0 unspecified atom stereocenters. The second kappa shape index (κ2) is 14.5. The van der Waals surface area contributed by atoms with Gasteiger partial charge in [0.25, 0.3) is 0 Å². The molecule has 1 amide bonds. The fraction of sp³-hybridized carbons (Fsp3) is 0.536. The van der Waals surface area contributed by atoms with E-state index in [0.717, 1.165) is 12.0 Å². The van der Waals surface area contributed by atoms with E-state index in [-0.39, 0.29) is 63.9 Å². The van der Waals surface area contributed by atoms with E-state index in [4.69, 9.17) is 18.9 Å². The normalized spacial score (nSPS) is 22.0. The number of nitrogens with zero attached hydrogens (tertiary/aromatic N) is 1. The van der Waals surface area contributed by atoms with Crippen LogP contribution in [0.1, 0.15) is 25.8 Å². The van der Waals surface area contributed by atoms with Gasteiger partial charge in [-0.1, -0.05) is 44.2 Å². The number of amides is 1. The monoisotopic (exact) mass is 608 g/mol. The Morgan fingerprint density at radius 2 is 1.85 bits per heavy atom. The summed E-state index contributed by atoms with van der Waals surface area (Å²) in [5.74, 6) is 0.309. The van der Waals surface area contributed by atoms with Crippen LogP contribution < -0.4 is 10.1 Å². The highest BCUT2D eigenvalue weighted by atomic mass is 32.2. The van der Waals surface area contributed by atoms with Crippen LogP contribution in [-0.2, 0) is 35.2 Å². The average Bonchev–Trinajstić information content (AvgIpc) is 3.57. The summed E-state index contributed by atoms with van der Waals surface area (Å²) in [4.78, 5) is 13.0. The molecule has 0 spiro atoms. The lowest BCUT2D eigenvalue weighted by Crippen LogP contribution is -2.51. The topological polar surface area (TPSA) is 141 Å². The summed E-state index contributed by atoms with van der Waals surface area (Å²) < 4.78 is 61.2. The molecule has 2 fully saturated rings. The number of sulfonamides is 1. The number of hydrogen-bond acceptors (Lipinski definition) is 9. The van der Waals surface area contributed by atoms with E-state index in [1.54, 1.807) is 0 Å². The summed E-state index contributed by atoms with van der Waals surface area (Å²) in [5, 5.41) is 14.2. The van der Waals surface area contributed by atoms with Crippen LogP contribution in [0.5, 0.6) is 5.75 Å². The minimum atomic E-state index is -4.01. The Balaban J connectivity index is 1.50. The van der Waals surface area contributed by atoms with E-state index in [1.165, 1.54) is 28.6 Å². The van der Waals surface area contributed by atoms with Crippen molar-refractivity contribution in [2.24, 2.45) is 11.8 Å². The smallest absolute Gasteiger partial charge is 0.407 e. The molecule has 2 aromatic carbocycles. The van der Waals surface area contributed by atoms with Crippen molar-refractivity contribution in [1.29, 1.82) is 0 Å². The molecule has 41 heavy (non-hydrogen) atoms. The van der Waals surface area contributed by atoms with Crippen LogP contribution in [0.3, 0.4) is 0 Å². The number of aliphatic hydroxyl groups is 1. The first-order valence-corrected chi connectivity index (χ1v) is 16.1. The second-order valence-corrected chi connectivity index (χ2v) is 13.0. The number of fused-ring (bicyclic) bond motifs is 1. The van der Waals surface area contributed by atoms with Gasteiger partial charge in [0.1, 0.15) is 11.9 Å². The molecule has 2 aliphatic heterocycles. The predicted molar refractivity (Wildman–Crippen MR) is 150 cm³/mol. The van der Waals surface area contributed by atoms with E-state index >= 15 is 0 Å². The van der Waals surface area contributed by atoms with Crippen LogP contribution in [-0.4, -0.2) is 81.1 Å². The Labute approximate surface area is 242 Å².